The molecule has 5 heteroatoms. The summed E-state index contributed by atoms with van der Waals surface area (Å²) in [6, 6.07) is 16.1. The van der Waals surface area contributed by atoms with Gasteiger partial charge in [0.05, 0.1) is 6.21 Å². The Morgan fingerprint density at radius 2 is 1.83 bits per heavy atom. The standard InChI is InChI=1S/C18H21N3OS/c1-3-19-18(23)21-20-12-15-8-10-17(11-9-15)22-13-16-6-4-14(2)5-7-16/h4-12H,3,13H2,1-2H3,(H2,19,21,23)/b20-12-. The Balaban J connectivity index is 1.83. The lowest BCUT2D eigenvalue weighted by Gasteiger charge is -2.07. The molecule has 23 heavy (non-hydrogen) atoms. The Hall–Kier alpha value is -2.40. The third-order valence-electron chi connectivity index (χ3n) is 3.12. The Morgan fingerprint density at radius 1 is 1.13 bits per heavy atom. The first-order valence-corrected chi connectivity index (χ1v) is 7.93. The van der Waals surface area contributed by atoms with Gasteiger partial charge in [-0.05, 0) is 61.5 Å². The topological polar surface area (TPSA) is 45.7 Å². The molecule has 2 aromatic carbocycles. The summed E-state index contributed by atoms with van der Waals surface area (Å²) in [5.41, 5.74) is 6.13. The van der Waals surface area contributed by atoms with Gasteiger partial charge < -0.3 is 10.1 Å². The zero-order chi connectivity index (χ0) is 16.5. The molecule has 0 saturated heterocycles. The zero-order valence-electron chi connectivity index (χ0n) is 13.4. The molecule has 0 fully saturated rings. The van der Waals surface area contributed by atoms with Crippen LogP contribution in [0.3, 0.4) is 0 Å². The summed E-state index contributed by atoms with van der Waals surface area (Å²) >= 11 is 5.02. The average molecular weight is 327 g/mol. The molecule has 0 heterocycles. The maximum absolute atomic E-state index is 5.77. The number of benzene rings is 2. The number of aryl methyl sites for hydroxylation is 1. The zero-order valence-corrected chi connectivity index (χ0v) is 14.2. The summed E-state index contributed by atoms with van der Waals surface area (Å²) < 4.78 is 5.77. The molecule has 4 nitrogen and oxygen atoms in total. The van der Waals surface area contributed by atoms with E-state index in [0.717, 1.165) is 23.4 Å². The fourth-order valence-electron chi connectivity index (χ4n) is 1.87. The van der Waals surface area contributed by atoms with Crippen molar-refractivity contribution in [3.8, 4) is 5.75 Å². The van der Waals surface area contributed by atoms with Gasteiger partial charge in [-0.1, -0.05) is 29.8 Å². The molecule has 0 radical (unpaired) electrons. The van der Waals surface area contributed by atoms with Gasteiger partial charge in [-0.3, -0.25) is 5.43 Å². The van der Waals surface area contributed by atoms with Crippen LogP contribution in [0, 0.1) is 6.92 Å². The van der Waals surface area contributed by atoms with E-state index in [1.54, 1.807) is 6.21 Å². The fraction of sp³-hybridized carbons (Fsp3) is 0.222. The molecular formula is C18H21N3OS. The molecule has 2 N–H and O–H groups in total. The molecule has 0 aliphatic rings. The van der Waals surface area contributed by atoms with Gasteiger partial charge in [0.2, 0.25) is 0 Å². The second-order valence-electron chi connectivity index (χ2n) is 5.07. The normalized spacial score (nSPS) is 10.5. The monoisotopic (exact) mass is 327 g/mol. The number of rotatable bonds is 6. The smallest absolute Gasteiger partial charge is 0.186 e. The summed E-state index contributed by atoms with van der Waals surface area (Å²) in [5, 5.41) is 7.55. The van der Waals surface area contributed by atoms with Crippen molar-refractivity contribution in [2.45, 2.75) is 20.5 Å². The molecule has 0 aliphatic carbocycles. The lowest BCUT2D eigenvalue weighted by atomic mass is 10.2. The van der Waals surface area contributed by atoms with E-state index < -0.39 is 0 Å². The first kappa shape index (κ1) is 17.0. The van der Waals surface area contributed by atoms with Gasteiger partial charge in [0.25, 0.3) is 0 Å². The lowest BCUT2D eigenvalue weighted by molar-refractivity contribution is 0.306. The van der Waals surface area contributed by atoms with E-state index in [9.17, 15) is 0 Å². The molecule has 120 valence electrons. The number of nitrogens with one attached hydrogen (secondary N) is 2. The number of thiocarbonyl (C=S) groups is 1. The number of nitrogens with zero attached hydrogens (tertiary/aromatic N) is 1. The SMILES string of the molecule is CCNC(=S)N/N=C\c1ccc(OCc2ccc(C)cc2)cc1. The molecule has 0 amide bonds. The first-order chi connectivity index (χ1) is 11.2. The lowest BCUT2D eigenvalue weighted by Crippen LogP contribution is -2.31. The Labute approximate surface area is 142 Å². The van der Waals surface area contributed by atoms with Crippen molar-refractivity contribution in [3.63, 3.8) is 0 Å². The van der Waals surface area contributed by atoms with Crippen molar-refractivity contribution in [3.05, 3.63) is 65.2 Å². The predicted molar refractivity (Wildman–Crippen MR) is 99.0 cm³/mol. The summed E-state index contributed by atoms with van der Waals surface area (Å²) in [6.07, 6.45) is 1.72. The molecule has 2 rings (SSSR count). The van der Waals surface area contributed by atoms with Crippen LogP contribution in [-0.4, -0.2) is 17.9 Å². The second kappa shape index (κ2) is 8.90. The van der Waals surface area contributed by atoms with Gasteiger partial charge in [0.1, 0.15) is 12.4 Å². The minimum atomic E-state index is 0.516. The van der Waals surface area contributed by atoms with Crippen LogP contribution in [0.15, 0.2) is 53.6 Å². The van der Waals surface area contributed by atoms with Crippen molar-refractivity contribution in [2.75, 3.05) is 6.54 Å². The summed E-state index contributed by atoms with van der Waals surface area (Å²) in [5.74, 6) is 0.832. The van der Waals surface area contributed by atoms with Crippen LogP contribution in [0.1, 0.15) is 23.6 Å². The first-order valence-electron chi connectivity index (χ1n) is 7.52. The number of ether oxygens (including phenoxy) is 1. The van der Waals surface area contributed by atoms with Crippen molar-refractivity contribution < 1.29 is 4.74 Å². The maximum atomic E-state index is 5.77. The fourth-order valence-corrected chi connectivity index (χ4v) is 2.06. The molecule has 0 aliphatic heterocycles. The van der Waals surface area contributed by atoms with Gasteiger partial charge >= 0.3 is 0 Å². The summed E-state index contributed by atoms with van der Waals surface area (Å²) in [6.45, 7) is 5.39. The molecule has 0 spiro atoms. The Bertz CT molecular complexity index is 651. The van der Waals surface area contributed by atoms with Crippen LogP contribution in [0.2, 0.25) is 0 Å². The van der Waals surface area contributed by atoms with Crippen LogP contribution >= 0.6 is 12.2 Å². The predicted octanol–water partition coefficient (Wildman–Crippen LogP) is 3.39. The van der Waals surface area contributed by atoms with Crippen molar-refractivity contribution >= 4 is 23.5 Å². The summed E-state index contributed by atoms with van der Waals surface area (Å²) in [4.78, 5) is 0. The summed E-state index contributed by atoms with van der Waals surface area (Å²) in [7, 11) is 0. The largest absolute Gasteiger partial charge is 0.489 e. The number of hydrogen-bond acceptors (Lipinski definition) is 3. The maximum Gasteiger partial charge on any atom is 0.186 e. The highest BCUT2D eigenvalue weighted by Crippen LogP contribution is 2.13. The molecule has 0 atom stereocenters. The molecule has 0 saturated carbocycles. The second-order valence-corrected chi connectivity index (χ2v) is 5.48. The number of hydrogen-bond donors (Lipinski definition) is 2. The van der Waals surface area contributed by atoms with E-state index in [0.29, 0.717) is 11.7 Å². The molecule has 0 bridgehead atoms. The van der Waals surface area contributed by atoms with E-state index in [1.807, 2.05) is 31.2 Å². The quantitative estimate of drug-likeness (QED) is 0.485. The average Bonchev–Trinajstić information content (AvgIpc) is 2.56. The van der Waals surface area contributed by atoms with E-state index in [1.165, 1.54) is 5.56 Å². The van der Waals surface area contributed by atoms with Gasteiger partial charge in [-0.25, -0.2) is 0 Å². The van der Waals surface area contributed by atoms with Crippen molar-refractivity contribution in [2.24, 2.45) is 5.10 Å². The highest BCUT2D eigenvalue weighted by Gasteiger charge is 1.97. The van der Waals surface area contributed by atoms with Gasteiger partial charge in [-0.15, -0.1) is 0 Å². The Morgan fingerprint density at radius 3 is 2.48 bits per heavy atom. The molecule has 0 aromatic heterocycles. The van der Waals surface area contributed by atoms with Gasteiger partial charge in [0.15, 0.2) is 5.11 Å². The van der Waals surface area contributed by atoms with Crippen LogP contribution in [0.4, 0.5) is 0 Å². The van der Waals surface area contributed by atoms with Crippen LogP contribution < -0.4 is 15.5 Å². The van der Waals surface area contributed by atoms with Gasteiger partial charge in [0, 0.05) is 6.54 Å². The Kier molecular flexibility index (Phi) is 6.56. The highest BCUT2D eigenvalue weighted by molar-refractivity contribution is 7.80. The van der Waals surface area contributed by atoms with Gasteiger partial charge in [-0.2, -0.15) is 5.10 Å². The van der Waals surface area contributed by atoms with Crippen LogP contribution in [0.5, 0.6) is 5.75 Å². The number of hydrazone groups is 1. The van der Waals surface area contributed by atoms with Crippen LogP contribution in [-0.2, 0) is 6.61 Å². The molecular weight excluding hydrogens is 306 g/mol. The van der Waals surface area contributed by atoms with E-state index in [4.69, 9.17) is 17.0 Å². The van der Waals surface area contributed by atoms with E-state index in [2.05, 4.69) is 47.0 Å². The van der Waals surface area contributed by atoms with E-state index >= 15 is 0 Å². The molecule has 2 aromatic rings. The third kappa shape index (κ3) is 6.08. The highest BCUT2D eigenvalue weighted by atomic mass is 32.1. The third-order valence-corrected chi connectivity index (χ3v) is 3.36. The minimum Gasteiger partial charge on any atom is -0.489 e. The van der Waals surface area contributed by atoms with Crippen LogP contribution in [0.25, 0.3) is 0 Å². The van der Waals surface area contributed by atoms with E-state index in [-0.39, 0.29) is 0 Å². The molecule has 0 unspecified atom stereocenters. The van der Waals surface area contributed by atoms with Crippen molar-refractivity contribution in [1.29, 1.82) is 0 Å². The minimum absolute atomic E-state index is 0.516. The van der Waals surface area contributed by atoms with Crippen molar-refractivity contribution in [1.82, 2.24) is 10.7 Å².